The molecule has 0 aliphatic heterocycles. The summed E-state index contributed by atoms with van der Waals surface area (Å²) in [7, 11) is 0. The fourth-order valence-corrected chi connectivity index (χ4v) is 1.97. The predicted octanol–water partition coefficient (Wildman–Crippen LogP) is 2.84. The summed E-state index contributed by atoms with van der Waals surface area (Å²) in [6, 6.07) is 7.51. The standard InChI is InChI=1S/C15H19BrN2O2/c1-3-4-9-17-15(20)14(18-11(2)19)10-12-7-5-6-8-13(12)16/h5-8,10H,3-4,9H2,1-2H3,(H,17,20)(H,18,19). The van der Waals surface area contributed by atoms with Crippen LogP contribution in [0.1, 0.15) is 32.3 Å². The minimum Gasteiger partial charge on any atom is -0.351 e. The van der Waals surface area contributed by atoms with E-state index in [4.69, 9.17) is 0 Å². The van der Waals surface area contributed by atoms with Crippen molar-refractivity contribution in [1.82, 2.24) is 10.6 Å². The molecule has 0 aliphatic carbocycles. The third kappa shape index (κ3) is 5.57. The largest absolute Gasteiger partial charge is 0.351 e. The molecule has 0 saturated heterocycles. The summed E-state index contributed by atoms with van der Waals surface area (Å²) in [6.07, 6.45) is 3.57. The first-order valence-corrected chi connectivity index (χ1v) is 7.36. The first kappa shape index (κ1) is 16.4. The number of carbonyl (C=O) groups excluding carboxylic acids is 2. The Balaban J connectivity index is 2.91. The zero-order valence-corrected chi connectivity index (χ0v) is 13.3. The fourth-order valence-electron chi connectivity index (χ4n) is 1.57. The van der Waals surface area contributed by atoms with Gasteiger partial charge in [0.25, 0.3) is 5.91 Å². The Hall–Kier alpha value is -1.62. The molecule has 0 aliphatic rings. The minimum atomic E-state index is -0.274. The third-order valence-electron chi connectivity index (χ3n) is 2.58. The van der Waals surface area contributed by atoms with Gasteiger partial charge in [0.2, 0.25) is 5.91 Å². The molecule has 1 aromatic carbocycles. The summed E-state index contributed by atoms with van der Waals surface area (Å²) < 4.78 is 0.865. The Morgan fingerprint density at radius 2 is 2.00 bits per heavy atom. The van der Waals surface area contributed by atoms with Crippen molar-refractivity contribution in [2.45, 2.75) is 26.7 Å². The number of hydrogen-bond donors (Lipinski definition) is 2. The first-order valence-electron chi connectivity index (χ1n) is 6.56. The van der Waals surface area contributed by atoms with Crippen LogP contribution in [0.2, 0.25) is 0 Å². The Morgan fingerprint density at radius 3 is 2.60 bits per heavy atom. The summed E-state index contributed by atoms with van der Waals surface area (Å²) in [4.78, 5) is 23.3. The molecule has 1 aromatic rings. The molecule has 0 atom stereocenters. The van der Waals surface area contributed by atoms with Gasteiger partial charge in [0.1, 0.15) is 5.70 Å². The average molecular weight is 339 g/mol. The van der Waals surface area contributed by atoms with Crippen LogP contribution in [0, 0.1) is 0 Å². The minimum absolute atomic E-state index is 0.250. The molecule has 0 bridgehead atoms. The summed E-state index contributed by atoms with van der Waals surface area (Å²) in [5.41, 5.74) is 1.09. The second kappa shape index (κ2) is 8.53. The molecule has 1 rings (SSSR count). The van der Waals surface area contributed by atoms with Crippen molar-refractivity contribution in [3.63, 3.8) is 0 Å². The second-order valence-corrected chi connectivity index (χ2v) is 5.22. The van der Waals surface area contributed by atoms with Crippen LogP contribution in [-0.2, 0) is 9.59 Å². The highest BCUT2D eigenvalue weighted by molar-refractivity contribution is 9.10. The van der Waals surface area contributed by atoms with Crippen LogP contribution in [0.25, 0.3) is 6.08 Å². The van der Waals surface area contributed by atoms with Crippen molar-refractivity contribution in [3.8, 4) is 0 Å². The van der Waals surface area contributed by atoms with Gasteiger partial charge in [0.05, 0.1) is 0 Å². The van der Waals surface area contributed by atoms with Crippen molar-refractivity contribution in [2.24, 2.45) is 0 Å². The van der Waals surface area contributed by atoms with Crippen molar-refractivity contribution in [1.29, 1.82) is 0 Å². The smallest absolute Gasteiger partial charge is 0.267 e. The maximum Gasteiger partial charge on any atom is 0.267 e. The number of rotatable bonds is 6. The lowest BCUT2D eigenvalue weighted by Crippen LogP contribution is -2.34. The van der Waals surface area contributed by atoms with E-state index in [1.807, 2.05) is 24.3 Å². The number of hydrogen-bond acceptors (Lipinski definition) is 2. The van der Waals surface area contributed by atoms with Crippen LogP contribution < -0.4 is 10.6 Å². The molecule has 0 heterocycles. The number of carbonyl (C=O) groups is 2. The normalized spacial score (nSPS) is 11.1. The van der Waals surface area contributed by atoms with E-state index in [1.165, 1.54) is 6.92 Å². The van der Waals surface area contributed by atoms with Gasteiger partial charge in [-0.05, 0) is 24.1 Å². The highest BCUT2D eigenvalue weighted by Gasteiger charge is 2.11. The van der Waals surface area contributed by atoms with Gasteiger partial charge < -0.3 is 10.6 Å². The van der Waals surface area contributed by atoms with Gasteiger partial charge in [-0.3, -0.25) is 9.59 Å². The Morgan fingerprint density at radius 1 is 1.30 bits per heavy atom. The molecule has 20 heavy (non-hydrogen) atoms. The van der Waals surface area contributed by atoms with Gasteiger partial charge in [0.15, 0.2) is 0 Å². The monoisotopic (exact) mass is 338 g/mol. The quantitative estimate of drug-likeness (QED) is 0.619. The van der Waals surface area contributed by atoms with Gasteiger partial charge in [-0.25, -0.2) is 0 Å². The van der Waals surface area contributed by atoms with Crippen molar-refractivity contribution < 1.29 is 9.59 Å². The van der Waals surface area contributed by atoms with E-state index in [2.05, 4.69) is 33.5 Å². The van der Waals surface area contributed by atoms with Crippen LogP contribution >= 0.6 is 15.9 Å². The molecule has 0 aromatic heterocycles. The molecule has 0 fully saturated rings. The van der Waals surface area contributed by atoms with Crippen molar-refractivity contribution >= 4 is 33.8 Å². The van der Waals surface area contributed by atoms with E-state index in [1.54, 1.807) is 6.08 Å². The van der Waals surface area contributed by atoms with Crippen LogP contribution in [0.4, 0.5) is 0 Å². The third-order valence-corrected chi connectivity index (χ3v) is 3.30. The molecule has 2 amide bonds. The summed E-state index contributed by atoms with van der Waals surface area (Å²) in [5.74, 6) is -0.543. The molecule has 0 radical (unpaired) electrons. The Kier molecular flexibility index (Phi) is 7.01. The summed E-state index contributed by atoms with van der Waals surface area (Å²) in [5, 5.41) is 5.36. The number of unbranched alkanes of at least 4 members (excludes halogenated alkanes) is 1. The van der Waals surface area contributed by atoms with Gasteiger partial charge in [-0.1, -0.05) is 47.5 Å². The average Bonchev–Trinajstić information content (AvgIpc) is 2.40. The van der Waals surface area contributed by atoms with Gasteiger partial charge in [0, 0.05) is 17.9 Å². The Bertz CT molecular complexity index is 512. The highest BCUT2D eigenvalue weighted by Crippen LogP contribution is 2.18. The first-order chi connectivity index (χ1) is 9.54. The molecule has 108 valence electrons. The van der Waals surface area contributed by atoms with Crippen LogP contribution in [-0.4, -0.2) is 18.4 Å². The van der Waals surface area contributed by atoms with E-state index in [9.17, 15) is 9.59 Å². The topological polar surface area (TPSA) is 58.2 Å². The molecule has 0 unspecified atom stereocenters. The van der Waals surface area contributed by atoms with Gasteiger partial charge in [-0.15, -0.1) is 0 Å². The van der Waals surface area contributed by atoms with Crippen LogP contribution in [0.3, 0.4) is 0 Å². The molecule has 0 saturated carbocycles. The van der Waals surface area contributed by atoms with Crippen molar-refractivity contribution in [3.05, 3.63) is 40.0 Å². The number of halogens is 1. The molecule has 0 spiro atoms. The predicted molar refractivity (Wildman–Crippen MR) is 83.9 cm³/mol. The maximum atomic E-state index is 12.1. The zero-order chi connectivity index (χ0) is 15.0. The van der Waals surface area contributed by atoms with Crippen LogP contribution in [0.15, 0.2) is 34.4 Å². The van der Waals surface area contributed by atoms with E-state index in [0.29, 0.717) is 6.54 Å². The van der Waals surface area contributed by atoms with Crippen LogP contribution in [0.5, 0.6) is 0 Å². The molecule has 5 heteroatoms. The zero-order valence-electron chi connectivity index (χ0n) is 11.7. The van der Waals surface area contributed by atoms with Gasteiger partial charge >= 0.3 is 0 Å². The fraction of sp³-hybridized carbons (Fsp3) is 0.333. The summed E-state index contributed by atoms with van der Waals surface area (Å²) in [6.45, 7) is 4.03. The molecule has 2 N–H and O–H groups in total. The lowest BCUT2D eigenvalue weighted by molar-refractivity contribution is -0.122. The molecule has 4 nitrogen and oxygen atoms in total. The molecular weight excluding hydrogens is 320 g/mol. The summed E-state index contributed by atoms with van der Waals surface area (Å²) >= 11 is 3.41. The van der Waals surface area contributed by atoms with Crippen molar-refractivity contribution in [2.75, 3.05) is 6.54 Å². The molecular formula is C15H19BrN2O2. The van der Waals surface area contributed by atoms with Gasteiger partial charge in [-0.2, -0.15) is 0 Å². The lowest BCUT2D eigenvalue weighted by Gasteiger charge is -2.10. The maximum absolute atomic E-state index is 12.1. The van der Waals surface area contributed by atoms with E-state index >= 15 is 0 Å². The lowest BCUT2D eigenvalue weighted by atomic mass is 10.2. The van der Waals surface area contributed by atoms with E-state index in [-0.39, 0.29) is 17.5 Å². The van der Waals surface area contributed by atoms with E-state index in [0.717, 1.165) is 22.9 Å². The SMILES string of the molecule is CCCCNC(=O)C(=Cc1ccccc1Br)NC(C)=O. The van der Waals surface area contributed by atoms with E-state index < -0.39 is 0 Å². The Labute approximate surface area is 127 Å². The number of benzene rings is 1. The second-order valence-electron chi connectivity index (χ2n) is 4.37. The number of amides is 2. The number of nitrogens with one attached hydrogen (secondary N) is 2. The highest BCUT2D eigenvalue weighted by atomic mass is 79.9.